The molecule has 1 saturated heterocycles. The standard InChI is InChI=1S/C22H20ClN3OS2/c23-17-5-9-19(10-6-17)28-21-12-11-20(29-21)15-24-25-22(27)16-3-7-18(8-4-16)26-13-1-2-14-26/h3-12,15H,1-2,13-14H2,(H,25,27)/b24-15-. The van der Waals surface area contributed by atoms with Gasteiger partial charge in [0, 0.05) is 39.1 Å². The molecule has 0 bridgehead atoms. The van der Waals surface area contributed by atoms with Crippen molar-refractivity contribution in [1.29, 1.82) is 0 Å². The molecule has 1 amide bonds. The van der Waals surface area contributed by atoms with Crippen LogP contribution in [0, 0.1) is 0 Å². The van der Waals surface area contributed by atoms with Gasteiger partial charge in [-0.2, -0.15) is 5.10 Å². The largest absolute Gasteiger partial charge is 0.372 e. The number of benzene rings is 2. The molecule has 2 aromatic carbocycles. The van der Waals surface area contributed by atoms with Crippen LogP contribution in [0.3, 0.4) is 0 Å². The molecule has 1 aromatic heterocycles. The molecule has 148 valence electrons. The number of halogens is 1. The summed E-state index contributed by atoms with van der Waals surface area (Å²) in [5.41, 5.74) is 4.38. The molecule has 0 atom stereocenters. The van der Waals surface area contributed by atoms with Crippen LogP contribution in [0.5, 0.6) is 0 Å². The Morgan fingerprint density at radius 2 is 1.76 bits per heavy atom. The van der Waals surface area contributed by atoms with Gasteiger partial charge >= 0.3 is 0 Å². The van der Waals surface area contributed by atoms with E-state index in [9.17, 15) is 4.79 Å². The van der Waals surface area contributed by atoms with Crippen LogP contribution >= 0.6 is 34.7 Å². The number of anilines is 1. The third-order valence-electron chi connectivity index (χ3n) is 4.59. The van der Waals surface area contributed by atoms with Gasteiger partial charge in [0.25, 0.3) is 5.91 Å². The monoisotopic (exact) mass is 441 g/mol. The molecule has 4 nitrogen and oxygen atoms in total. The maximum atomic E-state index is 12.3. The molecular formula is C22H20ClN3OS2. The molecule has 1 N–H and O–H groups in total. The summed E-state index contributed by atoms with van der Waals surface area (Å²) < 4.78 is 1.15. The molecule has 3 aromatic rings. The highest BCUT2D eigenvalue weighted by Gasteiger charge is 2.12. The van der Waals surface area contributed by atoms with Gasteiger partial charge in [0.05, 0.1) is 10.4 Å². The molecule has 2 heterocycles. The van der Waals surface area contributed by atoms with Gasteiger partial charge < -0.3 is 4.90 Å². The van der Waals surface area contributed by atoms with Crippen molar-refractivity contribution in [2.24, 2.45) is 5.10 Å². The van der Waals surface area contributed by atoms with E-state index in [1.165, 1.54) is 18.5 Å². The molecule has 0 spiro atoms. The minimum absolute atomic E-state index is 0.207. The van der Waals surface area contributed by atoms with Gasteiger partial charge in [0.2, 0.25) is 0 Å². The second-order valence-corrected chi connectivity index (χ2v) is 9.58. The van der Waals surface area contributed by atoms with Crippen molar-refractivity contribution < 1.29 is 4.79 Å². The fourth-order valence-electron chi connectivity index (χ4n) is 3.10. The number of nitrogens with zero attached hydrogens (tertiary/aromatic N) is 2. The van der Waals surface area contributed by atoms with Crippen LogP contribution in [0.25, 0.3) is 0 Å². The van der Waals surface area contributed by atoms with E-state index in [2.05, 4.69) is 15.4 Å². The SMILES string of the molecule is O=C(N/N=C\c1ccc(Sc2ccc(Cl)cc2)s1)c1ccc(N2CCCC2)cc1. The first-order valence-corrected chi connectivity index (χ1v) is 11.4. The van der Waals surface area contributed by atoms with E-state index < -0.39 is 0 Å². The van der Waals surface area contributed by atoms with Crippen LogP contribution in [-0.2, 0) is 0 Å². The Bertz CT molecular complexity index is 994. The zero-order chi connectivity index (χ0) is 20.1. The number of nitrogens with one attached hydrogen (secondary N) is 1. The lowest BCUT2D eigenvalue weighted by atomic mass is 10.2. The Balaban J connectivity index is 1.31. The van der Waals surface area contributed by atoms with E-state index >= 15 is 0 Å². The van der Waals surface area contributed by atoms with E-state index in [0.717, 1.165) is 32.1 Å². The highest BCUT2D eigenvalue weighted by atomic mass is 35.5. The molecular weight excluding hydrogens is 422 g/mol. The van der Waals surface area contributed by atoms with Crippen molar-refractivity contribution in [3.63, 3.8) is 0 Å². The third kappa shape index (κ3) is 5.41. The molecule has 0 aliphatic carbocycles. The van der Waals surface area contributed by atoms with Crippen LogP contribution in [0.4, 0.5) is 5.69 Å². The van der Waals surface area contributed by atoms with Crippen LogP contribution in [0.1, 0.15) is 28.1 Å². The number of hydrazone groups is 1. The van der Waals surface area contributed by atoms with Gasteiger partial charge in [-0.05, 0) is 73.5 Å². The van der Waals surface area contributed by atoms with Gasteiger partial charge in [-0.1, -0.05) is 23.4 Å². The zero-order valence-corrected chi connectivity index (χ0v) is 18.1. The van der Waals surface area contributed by atoms with E-state index in [1.54, 1.807) is 29.3 Å². The fraction of sp³-hybridized carbons (Fsp3) is 0.182. The number of hydrogen-bond acceptors (Lipinski definition) is 5. The van der Waals surface area contributed by atoms with Gasteiger partial charge in [0.1, 0.15) is 0 Å². The average molecular weight is 442 g/mol. The number of carbonyl (C=O) groups is 1. The Morgan fingerprint density at radius 1 is 1.03 bits per heavy atom. The lowest BCUT2D eigenvalue weighted by Crippen LogP contribution is -2.19. The Morgan fingerprint density at radius 3 is 2.48 bits per heavy atom. The van der Waals surface area contributed by atoms with Crippen LogP contribution in [0.15, 0.2) is 74.9 Å². The summed E-state index contributed by atoms with van der Waals surface area (Å²) in [6.07, 6.45) is 4.15. The van der Waals surface area contributed by atoms with Gasteiger partial charge in [0.15, 0.2) is 0 Å². The number of rotatable bonds is 6. The highest BCUT2D eigenvalue weighted by Crippen LogP contribution is 2.33. The van der Waals surface area contributed by atoms with Crippen molar-refractivity contribution in [2.75, 3.05) is 18.0 Å². The summed E-state index contributed by atoms with van der Waals surface area (Å²) in [7, 11) is 0. The normalized spacial score (nSPS) is 13.9. The molecule has 0 saturated carbocycles. The Hall–Kier alpha value is -2.28. The quantitative estimate of drug-likeness (QED) is 0.381. The molecule has 0 radical (unpaired) electrons. The molecule has 1 fully saturated rings. The molecule has 4 rings (SSSR count). The number of carbonyl (C=O) groups excluding carboxylic acids is 1. The van der Waals surface area contributed by atoms with Crippen molar-refractivity contribution in [2.45, 2.75) is 21.9 Å². The van der Waals surface area contributed by atoms with Crippen LogP contribution in [-0.4, -0.2) is 25.2 Å². The minimum atomic E-state index is -0.207. The summed E-state index contributed by atoms with van der Waals surface area (Å²) in [6.45, 7) is 2.18. The second kappa shape index (κ2) is 9.48. The first kappa shape index (κ1) is 20.0. The molecule has 7 heteroatoms. The van der Waals surface area contributed by atoms with Crippen molar-refractivity contribution in [1.82, 2.24) is 5.43 Å². The fourth-order valence-corrected chi connectivity index (χ4v) is 5.22. The van der Waals surface area contributed by atoms with Gasteiger partial charge in [-0.25, -0.2) is 5.43 Å². The van der Waals surface area contributed by atoms with E-state index in [4.69, 9.17) is 11.6 Å². The molecule has 29 heavy (non-hydrogen) atoms. The lowest BCUT2D eigenvalue weighted by molar-refractivity contribution is 0.0955. The topological polar surface area (TPSA) is 44.7 Å². The first-order chi connectivity index (χ1) is 14.2. The maximum Gasteiger partial charge on any atom is 0.271 e. The minimum Gasteiger partial charge on any atom is -0.372 e. The Labute approximate surface area is 183 Å². The van der Waals surface area contributed by atoms with Crippen molar-refractivity contribution in [3.05, 3.63) is 76.1 Å². The highest BCUT2D eigenvalue weighted by molar-refractivity contribution is 8.01. The van der Waals surface area contributed by atoms with E-state index in [-0.39, 0.29) is 5.91 Å². The van der Waals surface area contributed by atoms with Crippen LogP contribution in [0.2, 0.25) is 5.02 Å². The van der Waals surface area contributed by atoms with Crippen molar-refractivity contribution in [3.8, 4) is 0 Å². The smallest absolute Gasteiger partial charge is 0.271 e. The predicted octanol–water partition coefficient (Wildman–Crippen LogP) is 5.92. The molecule has 1 aliphatic rings. The maximum absolute atomic E-state index is 12.3. The van der Waals surface area contributed by atoms with Gasteiger partial charge in [-0.15, -0.1) is 11.3 Å². The summed E-state index contributed by atoms with van der Waals surface area (Å²) in [4.78, 5) is 16.7. The summed E-state index contributed by atoms with van der Waals surface area (Å²) in [6, 6.07) is 19.5. The number of thiophene rings is 1. The molecule has 1 aliphatic heterocycles. The van der Waals surface area contributed by atoms with Crippen molar-refractivity contribution >= 4 is 52.5 Å². The van der Waals surface area contributed by atoms with E-state index in [1.807, 2.05) is 60.7 Å². The second-order valence-electron chi connectivity index (χ2n) is 6.65. The summed E-state index contributed by atoms with van der Waals surface area (Å²) in [5, 5.41) is 4.83. The van der Waals surface area contributed by atoms with Gasteiger partial charge in [-0.3, -0.25) is 4.79 Å². The lowest BCUT2D eigenvalue weighted by Gasteiger charge is -2.17. The number of amides is 1. The summed E-state index contributed by atoms with van der Waals surface area (Å²) in [5.74, 6) is -0.207. The zero-order valence-electron chi connectivity index (χ0n) is 15.7. The number of hydrogen-bond donors (Lipinski definition) is 1. The predicted molar refractivity (Wildman–Crippen MR) is 123 cm³/mol. The van der Waals surface area contributed by atoms with E-state index in [0.29, 0.717) is 5.56 Å². The average Bonchev–Trinajstić information content (AvgIpc) is 3.42. The Kier molecular flexibility index (Phi) is 6.54. The summed E-state index contributed by atoms with van der Waals surface area (Å²) >= 11 is 9.21. The third-order valence-corrected chi connectivity index (χ3v) is 7.00. The molecule has 0 unspecified atom stereocenters. The first-order valence-electron chi connectivity index (χ1n) is 9.39. The van der Waals surface area contributed by atoms with Crippen LogP contribution < -0.4 is 10.3 Å².